The first-order chi connectivity index (χ1) is 9.50. The van der Waals surface area contributed by atoms with Gasteiger partial charge in [0.15, 0.2) is 18.1 Å². The summed E-state index contributed by atoms with van der Waals surface area (Å²) in [6.07, 6.45) is -3.37. The largest absolute Gasteiger partial charge is 0.452 e. The Kier molecular flexibility index (Phi) is 4.37. The second-order valence-electron chi connectivity index (χ2n) is 4.77. The summed E-state index contributed by atoms with van der Waals surface area (Å²) in [5.41, 5.74) is -1.73. The average molecular weight is 284 g/mol. The highest BCUT2D eigenvalue weighted by molar-refractivity contribution is 5.89. The first kappa shape index (κ1) is 14.9. The Morgan fingerprint density at radius 2 is 2.10 bits per heavy atom. The van der Waals surface area contributed by atoms with Gasteiger partial charge in [-0.05, 0) is 19.1 Å². The third kappa shape index (κ3) is 2.67. The highest BCUT2D eigenvalue weighted by Crippen LogP contribution is 2.37. The van der Waals surface area contributed by atoms with Gasteiger partial charge in [-0.2, -0.15) is 0 Å². The summed E-state index contributed by atoms with van der Waals surface area (Å²) in [6, 6.07) is 8.24. The van der Waals surface area contributed by atoms with Crippen LogP contribution in [0.2, 0.25) is 0 Å². The summed E-state index contributed by atoms with van der Waals surface area (Å²) in [7, 11) is 1.29. The Labute approximate surface area is 116 Å². The number of hydrogen-bond donors (Lipinski definition) is 1. The van der Waals surface area contributed by atoms with E-state index in [1.165, 1.54) is 14.0 Å². The van der Waals surface area contributed by atoms with E-state index in [-0.39, 0.29) is 0 Å². The molecule has 6 heteroatoms. The molecular formula is C14H17FO5. The van der Waals surface area contributed by atoms with E-state index >= 15 is 0 Å². The Morgan fingerprint density at radius 3 is 2.65 bits per heavy atom. The van der Waals surface area contributed by atoms with Crippen LogP contribution in [-0.2, 0) is 14.2 Å². The molecule has 1 aliphatic rings. The molecule has 0 spiro atoms. The standard InChI is InChI=1S/C14H17FO5/c1-14(15)11(10(8-16)19-13(14)18-2)20-12(17)9-6-4-3-5-7-9/h3-7,10-11,13,16H,8H2,1-2H3/t10-,11+,13?,14?/m1/s1. The Morgan fingerprint density at radius 1 is 1.45 bits per heavy atom. The fraction of sp³-hybridized carbons (Fsp3) is 0.500. The summed E-state index contributed by atoms with van der Waals surface area (Å²) in [5, 5.41) is 9.23. The van der Waals surface area contributed by atoms with Gasteiger partial charge in [-0.15, -0.1) is 0 Å². The second-order valence-corrected chi connectivity index (χ2v) is 4.77. The fourth-order valence-electron chi connectivity index (χ4n) is 2.23. The zero-order chi connectivity index (χ0) is 14.8. The number of benzene rings is 1. The van der Waals surface area contributed by atoms with Gasteiger partial charge in [-0.1, -0.05) is 18.2 Å². The number of methoxy groups -OCH3 is 1. The Bertz CT molecular complexity index is 462. The summed E-state index contributed by atoms with van der Waals surface area (Å²) < 4.78 is 29.9. The van der Waals surface area contributed by atoms with Crippen molar-refractivity contribution in [2.45, 2.75) is 31.1 Å². The molecule has 1 fully saturated rings. The van der Waals surface area contributed by atoms with E-state index in [9.17, 15) is 14.3 Å². The normalized spacial score (nSPS) is 33.1. The van der Waals surface area contributed by atoms with Gasteiger partial charge in [-0.3, -0.25) is 0 Å². The van der Waals surface area contributed by atoms with Crippen LogP contribution in [0.1, 0.15) is 17.3 Å². The maximum atomic E-state index is 14.6. The molecule has 1 aromatic carbocycles. The van der Waals surface area contributed by atoms with Crippen LogP contribution in [-0.4, -0.2) is 49.0 Å². The number of alkyl halides is 1. The number of hydrogen-bond acceptors (Lipinski definition) is 5. The van der Waals surface area contributed by atoms with Crippen molar-refractivity contribution >= 4 is 5.97 Å². The van der Waals surface area contributed by atoms with Crippen LogP contribution in [0.3, 0.4) is 0 Å². The molecule has 1 saturated heterocycles. The lowest BCUT2D eigenvalue weighted by molar-refractivity contribution is -0.163. The molecule has 1 heterocycles. The fourth-order valence-corrected chi connectivity index (χ4v) is 2.23. The van der Waals surface area contributed by atoms with Crippen molar-refractivity contribution in [1.82, 2.24) is 0 Å². The number of halogens is 1. The van der Waals surface area contributed by atoms with Crippen molar-refractivity contribution < 1.29 is 28.5 Å². The molecule has 20 heavy (non-hydrogen) atoms. The number of carbonyl (C=O) groups excluding carboxylic acids is 1. The SMILES string of the molecule is COC1O[C@H](CO)[C@H](OC(=O)c2ccccc2)C1(C)F. The van der Waals surface area contributed by atoms with Gasteiger partial charge in [0.2, 0.25) is 0 Å². The number of esters is 1. The molecule has 0 saturated carbocycles. The zero-order valence-electron chi connectivity index (χ0n) is 11.3. The third-order valence-corrected chi connectivity index (χ3v) is 3.29. The quantitative estimate of drug-likeness (QED) is 0.844. The molecule has 2 unspecified atom stereocenters. The highest BCUT2D eigenvalue weighted by Gasteiger charge is 2.57. The lowest BCUT2D eigenvalue weighted by Gasteiger charge is -2.26. The number of carbonyl (C=O) groups is 1. The van der Waals surface area contributed by atoms with E-state index in [1.807, 2.05) is 0 Å². The molecule has 4 atom stereocenters. The van der Waals surface area contributed by atoms with Crippen LogP contribution in [0, 0.1) is 0 Å². The van der Waals surface area contributed by atoms with E-state index < -0.39 is 36.7 Å². The van der Waals surface area contributed by atoms with Gasteiger partial charge in [0.25, 0.3) is 0 Å². The molecule has 5 nitrogen and oxygen atoms in total. The van der Waals surface area contributed by atoms with Crippen molar-refractivity contribution in [2.24, 2.45) is 0 Å². The Hall–Kier alpha value is -1.50. The van der Waals surface area contributed by atoms with Gasteiger partial charge >= 0.3 is 5.97 Å². The van der Waals surface area contributed by atoms with Crippen molar-refractivity contribution in [3.8, 4) is 0 Å². The molecule has 0 radical (unpaired) electrons. The smallest absolute Gasteiger partial charge is 0.338 e. The van der Waals surface area contributed by atoms with Gasteiger partial charge < -0.3 is 19.3 Å². The van der Waals surface area contributed by atoms with Gasteiger partial charge in [0.1, 0.15) is 6.10 Å². The third-order valence-electron chi connectivity index (χ3n) is 3.29. The first-order valence-electron chi connectivity index (χ1n) is 6.24. The molecule has 0 amide bonds. The van der Waals surface area contributed by atoms with Crippen LogP contribution < -0.4 is 0 Å². The van der Waals surface area contributed by atoms with Gasteiger partial charge in [0, 0.05) is 7.11 Å². The number of aliphatic hydroxyl groups excluding tert-OH is 1. The molecule has 1 N–H and O–H groups in total. The summed E-state index contributed by atoms with van der Waals surface area (Å²) in [4.78, 5) is 12.0. The Balaban J connectivity index is 2.16. The van der Waals surface area contributed by atoms with Crippen molar-refractivity contribution in [3.05, 3.63) is 35.9 Å². The predicted molar refractivity (Wildman–Crippen MR) is 67.9 cm³/mol. The van der Waals surface area contributed by atoms with Crippen LogP contribution >= 0.6 is 0 Å². The molecule has 1 aromatic rings. The van der Waals surface area contributed by atoms with E-state index in [4.69, 9.17) is 14.2 Å². The van der Waals surface area contributed by atoms with Crippen LogP contribution in [0.5, 0.6) is 0 Å². The van der Waals surface area contributed by atoms with Crippen LogP contribution in [0.25, 0.3) is 0 Å². The monoisotopic (exact) mass is 284 g/mol. The molecule has 0 bridgehead atoms. The van der Waals surface area contributed by atoms with E-state index in [1.54, 1.807) is 30.3 Å². The van der Waals surface area contributed by atoms with Gasteiger partial charge in [0.05, 0.1) is 12.2 Å². The lowest BCUT2D eigenvalue weighted by Crippen LogP contribution is -2.45. The molecule has 2 rings (SSSR count). The van der Waals surface area contributed by atoms with Crippen molar-refractivity contribution in [3.63, 3.8) is 0 Å². The molecular weight excluding hydrogens is 267 g/mol. The predicted octanol–water partition coefficient (Wildman–Crippen LogP) is 1.30. The summed E-state index contributed by atoms with van der Waals surface area (Å²) in [6.45, 7) is 0.756. The summed E-state index contributed by atoms with van der Waals surface area (Å²) >= 11 is 0. The maximum Gasteiger partial charge on any atom is 0.338 e. The minimum atomic E-state index is -2.04. The number of aliphatic hydroxyl groups is 1. The topological polar surface area (TPSA) is 65.0 Å². The number of rotatable bonds is 4. The van der Waals surface area contributed by atoms with Crippen molar-refractivity contribution in [1.29, 1.82) is 0 Å². The zero-order valence-corrected chi connectivity index (χ0v) is 11.3. The molecule has 110 valence electrons. The summed E-state index contributed by atoms with van der Waals surface area (Å²) in [5.74, 6) is -0.668. The van der Waals surface area contributed by atoms with E-state index in [2.05, 4.69) is 0 Å². The first-order valence-corrected chi connectivity index (χ1v) is 6.24. The van der Waals surface area contributed by atoms with E-state index in [0.717, 1.165) is 0 Å². The highest BCUT2D eigenvalue weighted by atomic mass is 19.1. The molecule has 0 aromatic heterocycles. The van der Waals surface area contributed by atoms with Crippen LogP contribution in [0.4, 0.5) is 4.39 Å². The lowest BCUT2D eigenvalue weighted by atomic mass is 9.99. The van der Waals surface area contributed by atoms with Crippen molar-refractivity contribution in [2.75, 3.05) is 13.7 Å². The maximum absolute atomic E-state index is 14.6. The van der Waals surface area contributed by atoms with Gasteiger partial charge in [-0.25, -0.2) is 9.18 Å². The average Bonchev–Trinajstić information content (AvgIpc) is 2.70. The molecule has 0 aliphatic carbocycles. The van der Waals surface area contributed by atoms with Crippen LogP contribution in [0.15, 0.2) is 30.3 Å². The minimum absolute atomic E-state index is 0.306. The number of ether oxygens (including phenoxy) is 3. The molecule has 1 aliphatic heterocycles. The minimum Gasteiger partial charge on any atom is -0.452 e. The van der Waals surface area contributed by atoms with E-state index in [0.29, 0.717) is 5.56 Å². The second kappa shape index (κ2) is 5.87.